The van der Waals surface area contributed by atoms with E-state index < -0.39 is 23.9 Å². The largest absolute Gasteiger partial charge is 0.490 e. The quantitative estimate of drug-likeness (QED) is 0.695. The number of esters is 1. The maximum absolute atomic E-state index is 11.8. The predicted octanol–water partition coefficient (Wildman–Crippen LogP) is 2.30. The minimum absolute atomic E-state index is 0.0642. The van der Waals surface area contributed by atoms with E-state index in [9.17, 15) is 18.0 Å². The molecule has 0 aliphatic heterocycles. The Labute approximate surface area is 86.5 Å². The zero-order chi connectivity index (χ0) is 12.3. The van der Waals surface area contributed by atoms with E-state index in [2.05, 4.69) is 4.74 Å². The van der Waals surface area contributed by atoms with Crippen LogP contribution in [-0.2, 0) is 14.3 Å². The fraction of sp³-hybridized carbons (Fsp3) is 0.889. The van der Waals surface area contributed by atoms with Crippen molar-refractivity contribution in [3.8, 4) is 0 Å². The number of rotatable bonds is 3. The second-order valence-corrected chi connectivity index (χ2v) is 4.14. The molecule has 6 heteroatoms. The predicted molar refractivity (Wildman–Crippen MR) is 47.3 cm³/mol. The van der Waals surface area contributed by atoms with Crippen LogP contribution in [0.15, 0.2) is 0 Å². The van der Waals surface area contributed by atoms with Crippen molar-refractivity contribution in [2.45, 2.75) is 45.6 Å². The summed E-state index contributed by atoms with van der Waals surface area (Å²) in [5.74, 6) is -2.19. The van der Waals surface area contributed by atoms with Crippen LogP contribution in [0.3, 0.4) is 0 Å². The first kappa shape index (κ1) is 14.2. The molecule has 0 aromatic carbocycles. The molecule has 0 amide bonds. The third kappa shape index (κ3) is 7.18. The van der Waals surface area contributed by atoms with Crippen molar-refractivity contribution in [1.29, 1.82) is 0 Å². The van der Waals surface area contributed by atoms with Gasteiger partial charge in [-0.1, -0.05) is 0 Å². The van der Waals surface area contributed by atoms with E-state index in [1.807, 2.05) is 0 Å². The molecule has 0 aliphatic rings. The Bertz CT molecular complexity index is 218. The summed E-state index contributed by atoms with van der Waals surface area (Å²) < 4.78 is 44.6. The molecule has 3 nitrogen and oxygen atoms in total. The molecule has 1 atom stereocenters. The van der Waals surface area contributed by atoms with Crippen LogP contribution in [0.2, 0.25) is 0 Å². The molecule has 0 aliphatic carbocycles. The SMILES string of the molecule is CC(COC(C)(C)C)OC(=O)C(F)(F)F. The van der Waals surface area contributed by atoms with E-state index in [1.165, 1.54) is 6.92 Å². The van der Waals surface area contributed by atoms with Gasteiger partial charge in [0.05, 0.1) is 12.2 Å². The molecule has 0 N–H and O–H groups in total. The number of carbonyl (C=O) groups excluding carboxylic acids is 1. The molecule has 0 fully saturated rings. The first-order chi connectivity index (χ1) is 6.52. The summed E-state index contributed by atoms with van der Waals surface area (Å²) in [6, 6.07) is 0. The standard InChI is InChI=1S/C9H15F3O3/c1-6(5-14-8(2,3)4)15-7(13)9(10,11)12/h6H,5H2,1-4H3. The van der Waals surface area contributed by atoms with Crippen LogP contribution in [0, 0.1) is 0 Å². The molecule has 0 aromatic heterocycles. The van der Waals surface area contributed by atoms with Gasteiger partial charge in [-0.15, -0.1) is 0 Å². The number of hydrogen-bond acceptors (Lipinski definition) is 3. The number of ether oxygens (including phenoxy) is 2. The van der Waals surface area contributed by atoms with Gasteiger partial charge >= 0.3 is 12.1 Å². The maximum Gasteiger partial charge on any atom is 0.490 e. The summed E-state index contributed by atoms with van der Waals surface area (Å²) in [5, 5.41) is 0. The van der Waals surface area contributed by atoms with Crippen molar-refractivity contribution in [2.75, 3.05) is 6.61 Å². The summed E-state index contributed by atoms with van der Waals surface area (Å²) in [5.41, 5.74) is -0.473. The molecular formula is C9H15F3O3. The highest BCUT2D eigenvalue weighted by molar-refractivity contribution is 5.75. The van der Waals surface area contributed by atoms with Crippen LogP contribution >= 0.6 is 0 Å². The Morgan fingerprint density at radius 1 is 1.27 bits per heavy atom. The average Bonchev–Trinajstić information content (AvgIpc) is 1.97. The first-order valence-corrected chi connectivity index (χ1v) is 4.44. The normalized spacial score (nSPS) is 14.9. The highest BCUT2D eigenvalue weighted by Crippen LogP contribution is 2.18. The Kier molecular flexibility index (Phi) is 4.58. The molecular weight excluding hydrogens is 213 g/mol. The lowest BCUT2D eigenvalue weighted by atomic mass is 10.2. The van der Waals surface area contributed by atoms with E-state index in [-0.39, 0.29) is 6.61 Å². The molecule has 0 radical (unpaired) electrons. The number of carbonyl (C=O) groups is 1. The summed E-state index contributed by atoms with van der Waals surface area (Å²) in [6.45, 7) is 6.54. The Hall–Kier alpha value is -0.780. The first-order valence-electron chi connectivity index (χ1n) is 4.44. The molecule has 15 heavy (non-hydrogen) atoms. The van der Waals surface area contributed by atoms with Crippen molar-refractivity contribution in [2.24, 2.45) is 0 Å². The van der Waals surface area contributed by atoms with Gasteiger partial charge in [0.2, 0.25) is 0 Å². The second-order valence-electron chi connectivity index (χ2n) is 4.14. The Morgan fingerprint density at radius 3 is 2.07 bits per heavy atom. The molecule has 0 aromatic rings. The smallest absolute Gasteiger partial charge is 0.454 e. The van der Waals surface area contributed by atoms with Crippen LogP contribution in [0.25, 0.3) is 0 Å². The molecule has 0 rings (SSSR count). The molecule has 0 saturated heterocycles. The van der Waals surface area contributed by atoms with Gasteiger partial charge < -0.3 is 9.47 Å². The number of hydrogen-bond donors (Lipinski definition) is 0. The van der Waals surface area contributed by atoms with Gasteiger partial charge in [-0.3, -0.25) is 0 Å². The topological polar surface area (TPSA) is 35.5 Å². The van der Waals surface area contributed by atoms with Crippen molar-refractivity contribution in [1.82, 2.24) is 0 Å². The monoisotopic (exact) mass is 228 g/mol. The highest BCUT2D eigenvalue weighted by atomic mass is 19.4. The van der Waals surface area contributed by atoms with Gasteiger partial charge in [0.25, 0.3) is 0 Å². The maximum atomic E-state index is 11.8. The van der Waals surface area contributed by atoms with E-state index in [0.29, 0.717) is 0 Å². The minimum atomic E-state index is -4.95. The third-order valence-corrected chi connectivity index (χ3v) is 1.29. The zero-order valence-corrected chi connectivity index (χ0v) is 9.14. The summed E-state index contributed by atoms with van der Waals surface area (Å²) >= 11 is 0. The fourth-order valence-corrected chi connectivity index (χ4v) is 0.651. The summed E-state index contributed by atoms with van der Waals surface area (Å²) in [4.78, 5) is 10.4. The van der Waals surface area contributed by atoms with Gasteiger partial charge in [0, 0.05) is 0 Å². The highest BCUT2D eigenvalue weighted by Gasteiger charge is 2.41. The molecule has 0 saturated carbocycles. The Balaban J connectivity index is 3.95. The zero-order valence-electron chi connectivity index (χ0n) is 9.14. The lowest BCUT2D eigenvalue weighted by Crippen LogP contribution is -2.33. The minimum Gasteiger partial charge on any atom is -0.454 e. The van der Waals surface area contributed by atoms with E-state index in [4.69, 9.17) is 4.74 Å². The third-order valence-electron chi connectivity index (χ3n) is 1.29. The van der Waals surface area contributed by atoms with Crippen LogP contribution < -0.4 is 0 Å². The van der Waals surface area contributed by atoms with Crippen molar-refractivity contribution >= 4 is 5.97 Å². The van der Waals surface area contributed by atoms with Gasteiger partial charge in [0.15, 0.2) is 0 Å². The number of halogens is 3. The van der Waals surface area contributed by atoms with E-state index in [1.54, 1.807) is 20.8 Å². The van der Waals surface area contributed by atoms with Crippen LogP contribution in [0.1, 0.15) is 27.7 Å². The number of alkyl halides is 3. The van der Waals surface area contributed by atoms with Gasteiger partial charge in [-0.25, -0.2) is 4.79 Å². The van der Waals surface area contributed by atoms with Crippen molar-refractivity contribution in [3.63, 3.8) is 0 Å². The molecule has 0 spiro atoms. The van der Waals surface area contributed by atoms with Crippen LogP contribution in [-0.4, -0.2) is 30.5 Å². The van der Waals surface area contributed by atoms with Gasteiger partial charge in [0.1, 0.15) is 6.10 Å². The molecule has 0 heterocycles. The van der Waals surface area contributed by atoms with Crippen LogP contribution in [0.4, 0.5) is 13.2 Å². The lowest BCUT2D eigenvalue weighted by molar-refractivity contribution is -0.207. The van der Waals surface area contributed by atoms with Crippen molar-refractivity contribution < 1.29 is 27.4 Å². The van der Waals surface area contributed by atoms with Gasteiger partial charge in [-0.2, -0.15) is 13.2 Å². The molecule has 1 unspecified atom stereocenters. The average molecular weight is 228 g/mol. The summed E-state index contributed by atoms with van der Waals surface area (Å²) in [7, 11) is 0. The second kappa shape index (κ2) is 4.83. The lowest BCUT2D eigenvalue weighted by Gasteiger charge is -2.22. The fourth-order valence-electron chi connectivity index (χ4n) is 0.651. The summed E-state index contributed by atoms with van der Waals surface area (Å²) in [6.07, 6.45) is -5.87. The Morgan fingerprint density at radius 2 is 1.73 bits per heavy atom. The van der Waals surface area contributed by atoms with E-state index in [0.717, 1.165) is 0 Å². The van der Waals surface area contributed by atoms with Crippen molar-refractivity contribution in [3.05, 3.63) is 0 Å². The van der Waals surface area contributed by atoms with E-state index >= 15 is 0 Å². The molecule has 90 valence electrons. The van der Waals surface area contributed by atoms with Gasteiger partial charge in [-0.05, 0) is 27.7 Å². The van der Waals surface area contributed by atoms with Crippen LogP contribution in [0.5, 0.6) is 0 Å². The molecule has 0 bridgehead atoms.